The number of carbonyl (C=O) groups excluding carboxylic acids is 1. The van der Waals surface area contributed by atoms with Crippen LogP contribution in [0.15, 0.2) is 22.7 Å². The molecule has 2 atom stereocenters. The summed E-state index contributed by atoms with van der Waals surface area (Å²) in [5.41, 5.74) is 0.469. The monoisotopic (exact) mass is 272 g/mol. The van der Waals surface area contributed by atoms with E-state index in [1.54, 1.807) is 32.0 Å². The van der Waals surface area contributed by atoms with Crippen LogP contribution in [0, 0.1) is 0 Å². The van der Waals surface area contributed by atoms with Crippen molar-refractivity contribution in [3.63, 3.8) is 0 Å². The van der Waals surface area contributed by atoms with Gasteiger partial charge in [0.1, 0.15) is 11.9 Å². The summed E-state index contributed by atoms with van der Waals surface area (Å²) in [5.74, 6) is 0.473. The van der Waals surface area contributed by atoms with Crippen LogP contribution in [0.2, 0.25) is 0 Å². The fourth-order valence-corrected chi connectivity index (χ4v) is 1.50. The average Bonchev–Trinajstić information content (AvgIpc) is 2.20. The molecule has 0 saturated heterocycles. The summed E-state index contributed by atoms with van der Waals surface area (Å²) < 4.78 is 6.21. The van der Waals surface area contributed by atoms with Gasteiger partial charge in [-0.05, 0) is 41.9 Å². The lowest BCUT2D eigenvalue weighted by atomic mass is 10.2. The standard InChI is InChI=1S/C11H13BrO3/c1-7(14)8(2)15-11-9(6-13)4-3-5-10(11)12/h3-8,14H,1-2H3. The molecule has 4 heteroatoms. The van der Waals surface area contributed by atoms with Crippen molar-refractivity contribution in [2.75, 3.05) is 0 Å². The molecule has 0 radical (unpaired) electrons. The van der Waals surface area contributed by atoms with E-state index in [2.05, 4.69) is 15.9 Å². The Morgan fingerprint density at radius 2 is 2.13 bits per heavy atom. The van der Waals surface area contributed by atoms with E-state index >= 15 is 0 Å². The molecule has 0 aromatic heterocycles. The number of aliphatic hydroxyl groups is 1. The summed E-state index contributed by atoms with van der Waals surface area (Å²) in [7, 11) is 0. The Hall–Kier alpha value is -0.870. The predicted molar refractivity (Wildman–Crippen MR) is 61.3 cm³/mol. The number of carbonyl (C=O) groups is 1. The molecule has 1 aromatic rings. The van der Waals surface area contributed by atoms with Crippen LogP contribution in [0.1, 0.15) is 24.2 Å². The van der Waals surface area contributed by atoms with Crippen molar-refractivity contribution in [1.29, 1.82) is 0 Å². The first kappa shape index (κ1) is 12.2. The number of rotatable bonds is 4. The topological polar surface area (TPSA) is 46.5 Å². The van der Waals surface area contributed by atoms with Crippen molar-refractivity contribution in [2.45, 2.75) is 26.1 Å². The van der Waals surface area contributed by atoms with Crippen LogP contribution in [0.25, 0.3) is 0 Å². The Morgan fingerprint density at radius 1 is 1.47 bits per heavy atom. The minimum absolute atomic E-state index is 0.359. The van der Waals surface area contributed by atoms with E-state index in [-0.39, 0.29) is 6.10 Å². The molecule has 1 rings (SSSR count). The highest BCUT2D eigenvalue weighted by molar-refractivity contribution is 9.10. The first-order valence-electron chi connectivity index (χ1n) is 4.64. The molecule has 0 aliphatic rings. The Labute approximate surface area is 97.2 Å². The van der Waals surface area contributed by atoms with E-state index < -0.39 is 6.10 Å². The van der Waals surface area contributed by atoms with Crippen LogP contribution in [0.5, 0.6) is 5.75 Å². The summed E-state index contributed by atoms with van der Waals surface area (Å²) in [5, 5.41) is 9.31. The molecule has 3 nitrogen and oxygen atoms in total. The number of hydrogen-bond donors (Lipinski definition) is 1. The van der Waals surface area contributed by atoms with Crippen LogP contribution in [0.4, 0.5) is 0 Å². The minimum atomic E-state index is -0.586. The van der Waals surface area contributed by atoms with Crippen LogP contribution in [0.3, 0.4) is 0 Å². The number of halogens is 1. The normalized spacial score (nSPS) is 14.4. The van der Waals surface area contributed by atoms with Gasteiger partial charge in [0.2, 0.25) is 0 Å². The number of hydrogen-bond acceptors (Lipinski definition) is 3. The second kappa shape index (κ2) is 5.28. The number of benzene rings is 1. The highest BCUT2D eigenvalue weighted by Crippen LogP contribution is 2.29. The average molecular weight is 273 g/mol. The molecular formula is C11H13BrO3. The Morgan fingerprint density at radius 3 is 2.67 bits per heavy atom. The van der Waals surface area contributed by atoms with Crippen molar-refractivity contribution in [3.8, 4) is 5.75 Å². The zero-order chi connectivity index (χ0) is 11.4. The summed E-state index contributed by atoms with van der Waals surface area (Å²) in [6.45, 7) is 3.39. The quantitative estimate of drug-likeness (QED) is 0.857. The smallest absolute Gasteiger partial charge is 0.153 e. The molecule has 0 aliphatic heterocycles. The molecule has 0 bridgehead atoms. The lowest BCUT2D eigenvalue weighted by Gasteiger charge is -2.19. The molecular weight excluding hydrogens is 260 g/mol. The Kier molecular flexibility index (Phi) is 4.29. The molecule has 2 unspecified atom stereocenters. The van der Waals surface area contributed by atoms with E-state index in [4.69, 9.17) is 4.74 Å². The second-order valence-electron chi connectivity index (χ2n) is 3.34. The molecule has 0 spiro atoms. The highest BCUT2D eigenvalue weighted by atomic mass is 79.9. The third-order valence-corrected chi connectivity index (χ3v) is 2.73. The summed E-state index contributed by atoms with van der Waals surface area (Å²) in [4.78, 5) is 10.8. The van der Waals surface area contributed by atoms with E-state index in [9.17, 15) is 9.90 Å². The summed E-state index contributed by atoms with van der Waals surface area (Å²) in [6, 6.07) is 5.21. The van der Waals surface area contributed by atoms with E-state index in [0.29, 0.717) is 15.8 Å². The summed E-state index contributed by atoms with van der Waals surface area (Å²) in [6.07, 6.45) is -0.214. The number of para-hydroxylation sites is 1. The predicted octanol–water partition coefficient (Wildman–Crippen LogP) is 2.41. The van der Waals surface area contributed by atoms with Gasteiger partial charge >= 0.3 is 0 Å². The van der Waals surface area contributed by atoms with Gasteiger partial charge in [-0.2, -0.15) is 0 Å². The zero-order valence-corrected chi connectivity index (χ0v) is 10.2. The van der Waals surface area contributed by atoms with Gasteiger partial charge in [0.15, 0.2) is 6.29 Å². The molecule has 1 aromatic carbocycles. The van der Waals surface area contributed by atoms with E-state index in [1.807, 2.05) is 0 Å². The van der Waals surface area contributed by atoms with Gasteiger partial charge in [-0.15, -0.1) is 0 Å². The molecule has 0 aliphatic carbocycles. The van der Waals surface area contributed by atoms with Crippen molar-refractivity contribution in [3.05, 3.63) is 28.2 Å². The van der Waals surface area contributed by atoms with Crippen LogP contribution < -0.4 is 4.74 Å². The van der Waals surface area contributed by atoms with Crippen LogP contribution >= 0.6 is 15.9 Å². The van der Waals surface area contributed by atoms with Crippen LogP contribution in [-0.4, -0.2) is 23.6 Å². The number of aldehydes is 1. The maximum atomic E-state index is 10.8. The van der Waals surface area contributed by atoms with E-state index in [1.165, 1.54) is 0 Å². The van der Waals surface area contributed by atoms with Crippen molar-refractivity contribution in [1.82, 2.24) is 0 Å². The van der Waals surface area contributed by atoms with Gasteiger partial charge in [0.25, 0.3) is 0 Å². The second-order valence-corrected chi connectivity index (χ2v) is 4.19. The van der Waals surface area contributed by atoms with Crippen LogP contribution in [-0.2, 0) is 0 Å². The molecule has 0 heterocycles. The maximum Gasteiger partial charge on any atom is 0.153 e. The largest absolute Gasteiger partial charge is 0.486 e. The molecule has 15 heavy (non-hydrogen) atoms. The fourth-order valence-electron chi connectivity index (χ4n) is 1.03. The summed E-state index contributed by atoms with van der Waals surface area (Å²) >= 11 is 3.30. The zero-order valence-electron chi connectivity index (χ0n) is 8.61. The van der Waals surface area contributed by atoms with Crippen molar-refractivity contribution in [2.24, 2.45) is 0 Å². The first-order chi connectivity index (χ1) is 7.06. The molecule has 82 valence electrons. The molecule has 0 amide bonds. The van der Waals surface area contributed by atoms with Gasteiger partial charge in [-0.1, -0.05) is 6.07 Å². The van der Waals surface area contributed by atoms with Gasteiger partial charge < -0.3 is 9.84 Å². The third kappa shape index (κ3) is 3.04. The molecule has 1 N–H and O–H groups in total. The minimum Gasteiger partial charge on any atom is -0.486 e. The van der Waals surface area contributed by atoms with E-state index in [0.717, 1.165) is 6.29 Å². The third-order valence-electron chi connectivity index (χ3n) is 2.11. The fraction of sp³-hybridized carbons (Fsp3) is 0.364. The first-order valence-corrected chi connectivity index (χ1v) is 5.44. The van der Waals surface area contributed by atoms with Gasteiger partial charge in [-0.3, -0.25) is 4.79 Å². The Balaban J connectivity index is 2.97. The lowest BCUT2D eigenvalue weighted by molar-refractivity contribution is 0.0592. The Bertz CT molecular complexity index is 350. The SMILES string of the molecule is CC(O)C(C)Oc1c(Br)cccc1C=O. The molecule has 0 fully saturated rings. The van der Waals surface area contributed by atoms with Crippen molar-refractivity contribution < 1.29 is 14.6 Å². The highest BCUT2D eigenvalue weighted by Gasteiger charge is 2.14. The maximum absolute atomic E-state index is 10.8. The van der Waals surface area contributed by atoms with Gasteiger partial charge in [0.05, 0.1) is 16.1 Å². The van der Waals surface area contributed by atoms with Gasteiger partial charge in [-0.25, -0.2) is 0 Å². The van der Waals surface area contributed by atoms with Gasteiger partial charge in [0, 0.05) is 0 Å². The van der Waals surface area contributed by atoms with Crippen molar-refractivity contribution >= 4 is 22.2 Å². The molecule has 0 saturated carbocycles. The lowest BCUT2D eigenvalue weighted by Crippen LogP contribution is -2.26. The number of ether oxygens (including phenoxy) is 1. The number of aliphatic hydroxyl groups excluding tert-OH is 1.